The summed E-state index contributed by atoms with van der Waals surface area (Å²) >= 11 is 0. The van der Waals surface area contributed by atoms with Crippen molar-refractivity contribution >= 4 is 12.0 Å². The fraction of sp³-hybridized carbons (Fsp3) is 0.692. The van der Waals surface area contributed by atoms with E-state index < -0.39 is 5.97 Å². The Labute approximate surface area is 122 Å². The number of carboxylic acid groups (broad SMARTS) is 1. The fourth-order valence-corrected chi connectivity index (χ4v) is 2.54. The molecule has 0 aliphatic carbocycles. The van der Waals surface area contributed by atoms with Crippen molar-refractivity contribution in [1.29, 1.82) is 0 Å². The lowest BCUT2D eigenvalue weighted by Gasteiger charge is -2.35. The fourth-order valence-electron chi connectivity index (χ4n) is 2.54. The maximum absolute atomic E-state index is 12.2. The summed E-state index contributed by atoms with van der Waals surface area (Å²) in [5.41, 5.74) is 0. The smallest absolute Gasteiger partial charge is 0.317 e. The summed E-state index contributed by atoms with van der Waals surface area (Å²) in [6.07, 6.45) is 5.23. The average Bonchev–Trinajstić information content (AvgIpc) is 2.98. The van der Waals surface area contributed by atoms with E-state index in [1.54, 1.807) is 4.90 Å². The molecular weight excluding hydrogens is 276 g/mol. The highest BCUT2D eigenvalue weighted by Gasteiger charge is 2.26. The van der Waals surface area contributed by atoms with Gasteiger partial charge in [0.1, 0.15) is 0 Å². The lowest BCUT2D eigenvalue weighted by molar-refractivity contribution is -0.137. The first-order valence-electron chi connectivity index (χ1n) is 7.18. The van der Waals surface area contributed by atoms with Crippen molar-refractivity contribution in [3.05, 3.63) is 12.2 Å². The van der Waals surface area contributed by atoms with Gasteiger partial charge in [0, 0.05) is 32.0 Å². The van der Waals surface area contributed by atoms with Crippen molar-refractivity contribution in [2.75, 3.05) is 13.1 Å². The Morgan fingerprint density at radius 3 is 3.05 bits per heavy atom. The number of nitrogens with one attached hydrogen (secondary N) is 1. The van der Waals surface area contributed by atoms with Crippen LogP contribution in [0.15, 0.2) is 10.9 Å². The van der Waals surface area contributed by atoms with Crippen molar-refractivity contribution in [2.45, 2.75) is 44.6 Å². The molecule has 2 N–H and O–H groups in total. The highest BCUT2D eigenvalue weighted by molar-refractivity contribution is 5.74. The molecule has 8 heteroatoms. The van der Waals surface area contributed by atoms with Crippen LogP contribution in [0.2, 0.25) is 0 Å². The van der Waals surface area contributed by atoms with Crippen LogP contribution >= 0.6 is 0 Å². The molecule has 0 radical (unpaired) electrons. The molecule has 1 aliphatic heterocycles. The highest BCUT2D eigenvalue weighted by Crippen LogP contribution is 2.20. The topological polar surface area (TPSA) is 109 Å². The molecule has 2 heterocycles. The van der Waals surface area contributed by atoms with Crippen molar-refractivity contribution in [3.8, 4) is 0 Å². The van der Waals surface area contributed by atoms with Gasteiger partial charge in [0.05, 0.1) is 0 Å². The van der Waals surface area contributed by atoms with Gasteiger partial charge in [0.2, 0.25) is 6.39 Å². The minimum absolute atomic E-state index is 0.0139. The quantitative estimate of drug-likeness (QED) is 0.812. The summed E-state index contributed by atoms with van der Waals surface area (Å²) in [6, 6.07) is -0.131. The Bertz CT molecular complexity index is 463. The number of carbonyl (C=O) groups excluding carboxylic acids is 1. The van der Waals surface area contributed by atoms with Gasteiger partial charge < -0.3 is 19.8 Å². The molecule has 0 spiro atoms. The molecule has 1 aromatic rings. The number of rotatable bonds is 6. The van der Waals surface area contributed by atoms with Gasteiger partial charge in [-0.1, -0.05) is 5.16 Å². The second-order valence-electron chi connectivity index (χ2n) is 5.10. The Morgan fingerprint density at radius 1 is 1.48 bits per heavy atom. The van der Waals surface area contributed by atoms with Crippen molar-refractivity contribution in [1.82, 2.24) is 20.4 Å². The monoisotopic (exact) mass is 296 g/mol. The van der Waals surface area contributed by atoms with Crippen LogP contribution in [0.1, 0.15) is 37.9 Å². The van der Waals surface area contributed by atoms with Crippen LogP contribution in [0.25, 0.3) is 0 Å². The second-order valence-corrected chi connectivity index (χ2v) is 5.10. The van der Waals surface area contributed by atoms with E-state index in [1.165, 1.54) is 6.39 Å². The Morgan fingerprint density at radius 2 is 2.33 bits per heavy atom. The van der Waals surface area contributed by atoms with Crippen LogP contribution in [-0.4, -0.2) is 51.3 Å². The summed E-state index contributed by atoms with van der Waals surface area (Å²) in [5, 5.41) is 15.3. The van der Waals surface area contributed by atoms with Gasteiger partial charge in [-0.25, -0.2) is 4.79 Å². The summed E-state index contributed by atoms with van der Waals surface area (Å²) < 4.78 is 4.62. The minimum Gasteiger partial charge on any atom is -0.481 e. The number of carbonyl (C=O) groups is 2. The Balaban J connectivity index is 1.78. The van der Waals surface area contributed by atoms with Crippen LogP contribution in [0, 0.1) is 0 Å². The third-order valence-electron chi connectivity index (χ3n) is 3.61. The number of aliphatic carboxylic acids is 1. The maximum Gasteiger partial charge on any atom is 0.317 e. The molecule has 2 amide bonds. The van der Waals surface area contributed by atoms with E-state index in [-0.39, 0.29) is 18.5 Å². The van der Waals surface area contributed by atoms with Gasteiger partial charge >= 0.3 is 12.0 Å². The molecule has 116 valence electrons. The van der Waals surface area contributed by atoms with Gasteiger partial charge in [-0.15, -0.1) is 0 Å². The zero-order valence-electron chi connectivity index (χ0n) is 11.8. The molecule has 8 nitrogen and oxygen atoms in total. The molecule has 1 fully saturated rings. The normalized spacial score (nSPS) is 18.5. The molecule has 1 aliphatic rings. The zero-order valence-corrected chi connectivity index (χ0v) is 11.8. The second kappa shape index (κ2) is 7.61. The van der Waals surface area contributed by atoms with Crippen LogP contribution in [0.4, 0.5) is 4.79 Å². The summed E-state index contributed by atoms with van der Waals surface area (Å²) in [5.74, 6) is -0.269. The molecule has 1 aromatic heterocycles. The van der Waals surface area contributed by atoms with E-state index in [9.17, 15) is 9.59 Å². The number of hydrogen-bond donors (Lipinski definition) is 2. The highest BCUT2D eigenvalue weighted by atomic mass is 16.5. The third-order valence-corrected chi connectivity index (χ3v) is 3.61. The molecule has 0 aromatic carbocycles. The number of nitrogens with zero attached hydrogens (tertiary/aromatic N) is 3. The number of hydrogen-bond acceptors (Lipinski definition) is 5. The SMILES string of the molecule is O=C(O)CCC1CCCCN1C(=O)NCCc1ncon1. The van der Waals surface area contributed by atoms with E-state index in [4.69, 9.17) is 5.11 Å². The van der Waals surface area contributed by atoms with Gasteiger partial charge in [-0.05, 0) is 25.7 Å². The first kappa shape index (κ1) is 15.3. The van der Waals surface area contributed by atoms with Gasteiger partial charge in [0.25, 0.3) is 0 Å². The summed E-state index contributed by atoms with van der Waals surface area (Å²) in [4.78, 5) is 28.5. The molecule has 0 bridgehead atoms. The molecule has 1 saturated heterocycles. The number of carboxylic acids is 1. The molecule has 0 saturated carbocycles. The van der Waals surface area contributed by atoms with Crippen LogP contribution in [0.3, 0.4) is 0 Å². The third kappa shape index (κ3) is 4.73. The first-order valence-corrected chi connectivity index (χ1v) is 7.18. The van der Waals surface area contributed by atoms with E-state index >= 15 is 0 Å². The first-order chi connectivity index (χ1) is 10.2. The van der Waals surface area contributed by atoms with Crippen LogP contribution < -0.4 is 5.32 Å². The molecule has 1 unspecified atom stereocenters. The minimum atomic E-state index is -0.821. The molecule has 21 heavy (non-hydrogen) atoms. The van der Waals surface area contributed by atoms with Gasteiger partial charge in [0.15, 0.2) is 5.82 Å². The van der Waals surface area contributed by atoms with Crippen LogP contribution in [-0.2, 0) is 11.2 Å². The van der Waals surface area contributed by atoms with E-state index in [0.29, 0.717) is 31.8 Å². The lowest BCUT2D eigenvalue weighted by Crippen LogP contribution is -2.49. The number of amides is 2. The van der Waals surface area contributed by atoms with Crippen molar-refractivity contribution < 1.29 is 19.2 Å². The van der Waals surface area contributed by atoms with E-state index in [0.717, 1.165) is 19.3 Å². The van der Waals surface area contributed by atoms with Gasteiger partial charge in [-0.2, -0.15) is 4.98 Å². The Kier molecular flexibility index (Phi) is 5.53. The van der Waals surface area contributed by atoms with Crippen LogP contribution in [0.5, 0.6) is 0 Å². The largest absolute Gasteiger partial charge is 0.481 e. The van der Waals surface area contributed by atoms with Crippen molar-refractivity contribution in [2.24, 2.45) is 0 Å². The predicted molar refractivity (Wildman–Crippen MR) is 72.6 cm³/mol. The number of urea groups is 1. The molecule has 2 rings (SSSR count). The van der Waals surface area contributed by atoms with E-state index in [2.05, 4.69) is 20.0 Å². The summed E-state index contributed by atoms with van der Waals surface area (Å²) in [6.45, 7) is 1.11. The average molecular weight is 296 g/mol. The van der Waals surface area contributed by atoms with Crippen molar-refractivity contribution in [3.63, 3.8) is 0 Å². The number of piperidine rings is 1. The number of likely N-dealkylation sites (tertiary alicyclic amines) is 1. The maximum atomic E-state index is 12.2. The number of aromatic nitrogens is 2. The van der Waals surface area contributed by atoms with E-state index in [1.807, 2.05) is 0 Å². The molecular formula is C13H20N4O4. The van der Waals surface area contributed by atoms with Gasteiger partial charge in [-0.3, -0.25) is 4.79 Å². The summed E-state index contributed by atoms with van der Waals surface area (Å²) in [7, 11) is 0. The predicted octanol–water partition coefficient (Wildman–Crippen LogP) is 1.04. The zero-order chi connectivity index (χ0) is 15.1. The standard InChI is InChI=1S/C13H20N4O4/c18-12(19)5-4-10-3-1-2-8-17(10)13(20)14-7-6-11-15-9-21-16-11/h9-10H,1-8H2,(H,14,20)(H,18,19). The lowest BCUT2D eigenvalue weighted by atomic mass is 9.98. The Hall–Kier alpha value is -2.12. The molecule has 1 atom stereocenters.